The molecule has 140 valence electrons. The molecule has 1 saturated heterocycles. The highest BCUT2D eigenvalue weighted by atomic mass is 19.1. The fraction of sp³-hybridized carbons (Fsp3) is 0.579. The third-order valence-electron chi connectivity index (χ3n) is 5.24. The van der Waals surface area contributed by atoms with E-state index in [-0.39, 0.29) is 36.6 Å². The first-order valence-corrected chi connectivity index (χ1v) is 9.02. The molecule has 3 rings (SSSR count). The topological polar surface area (TPSA) is 68.2 Å². The molecule has 1 amide bonds. The van der Waals surface area contributed by atoms with Crippen LogP contribution >= 0.6 is 0 Å². The number of alkyl halides is 1. The second-order valence-electron chi connectivity index (χ2n) is 7.24. The van der Waals surface area contributed by atoms with Crippen molar-refractivity contribution in [3.8, 4) is 6.07 Å². The number of hydrogen-bond acceptors (Lipinski definition) is 4. The van der Waals surface area contributed by atoms with Crippen LogP contribution in [0.3, 0.4) is 0 Å². The summed E-state index contributed by atoms with van der Waals surface area (Å²) in [5, 5.41) is 14.8. The summed E-state index contributed by atoms with van der Waals surface area (Å²) < 4.78 is 27.6. The maximum Gasteiger partial charge on any atom is 0.234 e. The Morgan fingerprint density at radius 1 is 1.50 bits per heavy atom. The highest BCUT2D eigenvalue weighted by molar-refractivity contribution is 5.78. The summed E-state index contributed by atoms with van der Waals surface area (Å²) in [5.74, 6) is -0.761. The molecule has 1 fully saturated rings. The number of carbonyl (C=O) groups is 1. The SMILES string of the molecule is C[C@@H](NC(=O)CN1CCc2ccc(F)cc2C1)C1NCC(C#N)CC1F. The van der Waals surface area contributed by atoms with Crippen LogP contribution in [0.2, 0.25) is 0 Å². The molecule has 2 N–H and O–H groups in total. The summed E-state index contributed by atoms with van der Waals surface area (Å²) in [6, 6.07) is 6.01. The van der Waals surface area contributed by atoms with Crippen LogP contribution in [-0.2, 0) is 17.8 Å². The molecule has 0 saturated carbocycles. The van der Waals surface area contributed by atoms with E-state index in [1.165, 1.54) is 12.1 Å². The van der Waals surface area contributed by atoms with Crippen molar-refractivity contribution in [3.05, 3.63) is 35.1 Å². The Morgan fingerprint density at radius 2 is 2.31 bits per heavy atom. The lowest BCUT2D eigenvalue weighted by Crippen LogP contribution is -2.58. The van der Waals surface area contributed by atoms with Crippen LogP contribution in [0.5, 0.6) is 0 Å². The average Bonchev–Trinajstić information content (AvgIpc) is 2.60. The van der Waals surface area contributed by atoms with E-state index in [4.69, 9.17) is 5.26 Å². The van der Waals surface area contributed by atoms with Gasteiger partial charge in [0.15, 0.2) is 0 Å². The third kappa shape index (κ3) is 4.37. The number of fused-ring (bicyclic) bond motifs is 1. The molecule has 26 heavy (non-hydrogen) atoms. The zero-order valence-electron chi connectivity index (χ0n) is 14.8. The van der Waals surface area contributed by atoms with Gasteiger partial charge in [0.1, 0.15) is 12.0 Å². The third-order valence-corrected chi connectivity index (χ3v) is 5.24. The van der Waals surface area contributed by atoms with Gasteiger partial charge < -0.3 is 10.6 Å². The van der Waals surface area contributed by atoms with Gasteiger partial charge in [-0.15, -0.1) is 0 Å². The second-order valence-corrected chi connectivity index (χ2v) is 7.24. The molecule has 7 heteroatoms. The number of benzene rings is 1. The van der Waals surface area contributed by atoms with Crippen molar-refractivity contribution in [1.29, 1.82) is 5.26 Å². The number of nitriles is 1. The standard InChI is InChI=1S/C19H24F2N4O/c1-12(19-17(21)6-13(8-22)9-23-19)24-18(26)11-25-5-4-14-2-3-16(20)7-15(14)10-25/h2-3,7,12-13,17,19,23H,4-6,9-11H2,1H3,(H,24,26)/t12-,13?,17?,19?/m1/s1. The maximum atomic E-state index is 14.2. The molecule has 1 aromatic rings. The first kappa shape index (κ1) is 18.7. The molecule has 5 nitrogen and oxygen atoms in total. The summed E-state index contributed by atoms with van der Waals surface area (Å²) in [4.78, 5) is 14.3. The van der Waals surface area contributed by atoms with Gasteiger partial charge in [-0.2, -0.15) is 5.26 Å². The van der Waals surface area contributed by atoms with Gasteiger partial charge in [0, 0.05) is 25.7 Å². The van der Waals surface area contributed by atoms with Crippen molar-refractivity contribution >= 4 is 5.91 Å². The number of hydrogen-bond donors (Lipinski definition) is 2. The van der Waals surface area contributed by atoms with Gasteiger partial charge in [-0.25, -0.2) is 8.78 Å². The number of halogens is 2. The number of nitrogens with zero attached hydrogens (tertiary/aromatic N) is 2. The van der Waals surface area contributed by atoms with E-state index in [2.05, 4.69) is 16.7 Å². The predicted octanol–water partition coefficient (Wildman–Crippen LogP) is 1.53. The minimum atomic E-state index is -1.16. The van der Waals surface area contributed by atoms with Gasteiger partial charge in [0.05, 0.1) is 24.6 Å². The second kappa shape index (κ2) is 8.11. The van der Waals surface area contributed by atoms with Crippen LogP contribution in [0.1, 0.15) is 24.5 Å². The number of piperidine rings is 1. The van der Waals surface area contributed by atoms with E-state index < -0.39 is 12.2 Å². The van der Waals surface area contributed by atoms with E-state index in [0.717, 1.165) is 24.1 Å². The zero-order chi connectivity index (χ0) is 18.7. The minimum absolute atomic E-state index is 0.172. The summed E-state index contributed by atoms with van der Waals surface area (Å²) in [6.45, 7) is 3.68. The lowest BCUT2D eigenvalue weighted by molar-refractivity contribution is -0.123. The number of carbonyl (C=O) groups excluding carboxylic acids is 1. The van der Waals surface area contributed by atoms with Gasteiger partial charge >= 0.3 is 0 Å². The monoisotopic (exact) mass is 362 g/mol. The predicted molar refractivity (Wildman–Crippen MR) is 93.4 cm³/mol. The number of nitrogens with one attached hydrogen (secondary N) is 2. The van der Waals surface area contributed by atoms with Crippen molar-refractivity contribution in [3.63, 3.8) is 0 Å². The Bertz CT molecular complexity index is 705. The molecule has 0 spiro atoms. The minimum Gasteiger partial charge on any atom is -0.351 e. The summed E-state index contributed by atoms with van der Waals surface area (Å²) in [5.41, 5.74) is 2.03. The Kier molecular flexibility index (Phi) is 5.84. The highest BCUT2D eigenvalue weighted by Gasteiger charge is 2.34. The van der Waals surface area contributed by atoms with Crippen molar-refractivity contribution in [2.75, 3.05) is 19.6 Å². The average molecular weight is 362 g/mol. The molecule has 2 aliphatic rings. The lowest BCUT2D eigenvalue weighted by Gasteiger charge is -2.35. The molecular weight excluding hydrogens is 338 g/mol. The zero-order valence-corrected chi connectivity index (χ0v) is 14.8. The maximum absolute atomic E-state index is 14.2. The van der Waals surface area contributed by atoms with Crippen molar-refractivity contribution in [2.45, 2.75) is 44.6 Å². The van der Waals surface area contributed by atoms with Crippen LogP contribution in [0.4, 0.5) is 8.78 Å². The van der Waals surface area contributed by atoms with Gasteiger partial charge in [0.25, 0.3) is 0 Å². The van der Waals surface area contributed by atoms with E-state index in [9.17, 15) is 13.6 Å². The molecule has 4 atom stereocenters. The molecular formula is C19H24F2N4O. The van der Waals surface area contributed by atoms with E-state index >= 15 is 0 Å². The Morgan fingerprint density at radius 3 is 3.04 bits per heavy atom. The molecule has 2 aliphatic heterocycles. The van der Waals surface area contributed by atoms with Crippen molar-refractivity contribution < 1.29 is 13.6 Å². The van der Waals surface area contributed by atoms with Crippen LogP contribution < -0.4 is 10.6 Å². The number of amides is 1. The van der Waals surface area contributed by atoms with Gasteiger partial charge in [-0.3, -0.25) is 9.69 Å². The van der Waals surface area contributed by atoms with Gasteiger partial charge in [0.2, 0.25) is 5.91 Å². The number of rotatable bonds is 4. The van der Waals surface area contributed by atoms with Gasteiger partial charge in [-0.1, -0.05) is 6.07 Å². The van der Waals surface area contributed by atoms with E-state index in [0.29, 0.717) is 13.1 Å². The fourth-order valence-electron chi connectivity index (χ4n) is 3.81. The van der Waals surface area contributed by atoms with E-state index in [1.54, 1.807) is 13.0 Å². The molecule has 0 bridgehead atoms. The van der Waals surface area contributed by atoms with Crippen LogP contribution in [0, 0.1) is 23.1 Å². The molecule has 0 aromatic heterocycles. The van der Waals surface area contributed by atoms with Crippen LogP contribution in [0.25, 0.3) is 0 Å². The molecule has 2 heterocycles. The summed E-state index contributed by atoms with van der Waals surface area (Å²) in [7, 11) is 0. The highest BCUT2D eigenvalue weighted by Crippen LogP contribution is 2.21. The first-order chi connectivity index (χ1) is 12.5. The van der Waals surface area contributed by atoms with Crippen LogP contribution in [-0.4, -0.2) is 48.7 Å². The normalized spacial score (nSPS) is 27.2. The molecule has 0 radical (unpaired) electrons. The molecule has 1 aromatic carbocycles. The summed E-state index contributed by atoms with van der Waals surface area (Å²) >= 11 is 0. The Balaban J connectivity index is 1.51. The van der Waals surface area contributed by atoms with Crippen molar-refractivity contribution in [1.82, 2.24) is 15.5 Å². The summed E-state index contributed by atoms with van der Waals surface area (Å²) in [6.07, 6.45) is -0.179. The van der Waals surface area contributed by atoms with Crippen molar-refractivity contribution in [2.24, 2.45) is 5.92 Å². The lowest BCUT2D eigenvalue weighted by atomic mass is 9.90. The molecule has 0 aliphatic carbocycles. The Labute approximate surface area is 152 Å². The van der Waals surface area contributed by atoms with Gasteiger partial charge in [-0.05, 0) is 43.0 Å². The quantitative estimate of drug-likeness (QED) is 0.852. The first-order valence-electron chi connectivity index (χ1n) is 9.02. The molecule has 3 unspecified atom stereocenters. The Hall–Kier alpha value is -2.04. The van der Waals surface area contributed by atoms with E-state index in [1.807, 2.05) is 4.90 Å². The van der Waals surface area contributed by atoms with Crippen LogP contribution in [0.15, 0.2) is 18.2 Å². The fourth-order valence-corrected chi connectivity index (χ4v) is 3.81. The largest absolute Gasteiger partial charge is 0.351 e. The smallest absolute Gasteiger partial charge is 0.234 e.